The van der Waals surface area contributed by atoms with Crippen LogP contribution in [-0.4, -0.2) is 20.9 Å². The van der Waals surface area contributed by atoms with Crippen LogP contribution in [0.3, 0.4) is 0 Å². The minimum absolute atomic E-state index is 0.260. The van der Waals surface area contributed by atoms with Crippen molar-refractivity contribution in [1.29, 1.82) is 0 Å². The zero-order valence-electron chi connectivity index (χ0n) is 15.4. The molecule has 5 rings (SSSR count). The van der Waals surface area contributed by atoms with Crippen LogP contribution in [0.1, 0.15) is 16.1 Å². The summed E-state index contributed by atoms with van der Waals surface area (Å²) in [5.41, 5.74) is 4.42. The number of fused-ring (bicyclic) bond motifs is 2. The monoisotopic (exact) mass is 402 g/mol. The van der Waals surface area contributed by atoms with Gasteiger partial charge in [0.1, 0.15) is 16.6 Å². The van der Waals surface area contributed by atoms with E-state index in [9.17, 15) is 4.79 Å². The number of hydrogen-bond acceptors (Lipinski definition) is 4. The molecule has 0 saturated heterocycles. The molecule has 29 heavy (non-hydrogen) atoms. The lowest BCUT2D eigenvalue weighted by Gasteiger charge is -2.06. The van der Waals surface area contributed by atoms with E-state index in [-0.39, 0.29) is 11.7 Å². The summed E-state index contributed by atoms with van der Waals surface area (Å²) in [4.78, 5) is 14.2. The molecule has 0 aliphatic carbocycles. The van der Waals surface area contributed by atoms with E-state index in [2.05, 4.69) is 15.5 Å². The molecule has 5 aromatic rings. The van der Waals surface area contributed by atoms with Gasteiger partial charge < -0.3 is 9.73 Å². The van der Waals surface area contributed by atoms with E-state index in [0.717, 1.165) is 22.2 Å². The molecule has 0 aliphatic rings. The molecule has 0 bridgehead atoms. The van der Waals surface area contributed by atoms with Crippen molar-refractivity contribution in [3.05, 3.63) is 83.1 Å². The average Bonchev–Trinajstić information content (AvgIpc) is 3.32. The van der Waals surface area contributed by atoms with Crippen LogP contribution >= 0.6 is 11.6 Å². The third-order valence-electron chi connectivity index (χ3n) is 4.68. The highest BCUT2D eigenvalue weighted by atomic mass is 35.5. The van der Waals surface area contributed by atoms with Crippen molar-refractivity contribution < 1.29 is 9.21 Å². The van der Waals surface area contributed by atoms with Crippen molar-refractivity contribution in [1.82, 2.24) is 15.0 Å². The molecule has 0 unspecified atom stereocenters. The Morgan fingerprint density at radius 3 is 2.48 bits per heavy atom. The topological polar surface area (TPSA) is 73.0 Å². The van der Waals surface area contributed by atoms with Crippen molar-refractivity contribution in [3.8, 4) is 5.69 Å². The van der Waals surface area contributed by atoms with E-state index in [1.165, 1.54) is 0 Å². The summed E-state index contributed by atoms with van der Waals surface area (Å²) < 4.78 is 5.65. The van der Waals surface area contributed by atoms with E-state index in [4.69, 9.17) is 16.0 Å². The lowest BCUT2D eigenvalue weighted by atomic mass is 10.1. The van der Waals surface area contributed by atoms with Crippen LogP contribution in [0.15, 0.2) is 71.1 Å². The van der Waals surface area contributed by atoms with Gasteiger partial charge in [0.25, 0.3) is 5.91 Å². The van der Waals surface area contributed by atoms with Crippen LogP contribution in [0.25, 0.3) is 27.7 Å². The third-order valence-corrected chi connectivity index (χ3v) is 4.93. The lowest BCUT2D eigenvalue weighted by Crippen LogP contribution is -2.11. The average molecular weight is 403 g/mol. The van der Waals surface area contributed by atoms with Gasteiger partial charge in [-0.05, 0) is 61.0 Å². The summed E-state index contributed by atoms with van der Waals surface area (Å²) in [6, 6.07) is 20.2. The Labute approximate surface area is 170 Å². The highest BCUT2D eigenvalue weighted by Gasteiger charge is 2.15. The van der Waals surface area contributed by atoms with E-state index in [0.29, 0.717) is 21.8 Å². The molecule has 0 radical (unpaired) electrons. The molecule has 7 heteroatoms. The second-order valence-electron chi connectivity index (χ2n) is 6.72. The van der Waals surface area contributed by atoms with E-state index < -0.39 is 0 Å². The zero-order valence-corrected chi connectivity index (χ0v) is 16.1. The summed E-state index contributed by atoms with van der Waals surface area (Å²) in [5, 5.41) is 13.5. The number of halogens is 1. The first-order valence-electron chi connectivity index (χ1n) is 9.00. The van der Waals surface area contributed by atoms with E-state index >= 15 is 0 Å². The minimum atomic E-state index is -0.311. The quantitative estimate of drug-likeness (QED) is 0.439. The Bertz CT molecular complexity index is 1340. The standard InChI is InChI=1S/C22H15ClN4O2/c1-13-10-18-19(26-27(25-18)16-8-6-15(23)7-9-16)12-17(13)24-22(28)21-11-14-4-2-3-5-20(14)29-21/h2-12H,1H3,(H,24,28). The van der Waals surface area contributed by atoms with Crippen LogP contribution in [0, 0.1) is 6.92 Å². The van der Waals surface area contributed by atoms with E-state index in [1.54, 1.807) is 23.0 Å². The number of benzene rings is 3. The fraction of sp³-hybridized carbons (Fsp3) is 0.0455. The largest absolute Gasteiger partial charge is 0.451 e. The molecule has 142 valence electrons. The van der Waals surface area contributed by atoms with Gasteiger partial charge in [-0.2, -0.15) is 4.80 Å². The van der Waals surface area contributed by atoms with Gasteiger partial charge in [0.15, 0.2) is 5.76 Å². The highest BCUT2D eigenvalue weighted by molar-refractivity contribution is 6.30. The fourth-order valence-electron chi connectivity index (χ4n) is 3.17. The van der Waals surface area contributed by atoms with Crippen molar-refractivity contribution in [2.24, 2.45) is 0 Å². The van der Waals surface area contributed by atoms with Crippen LogP contribution in [-0.2, 0) is 0 Å². The second kappa shape index (κ2) is 6.76. The molecule has 0 aliphatic heterocycles. The molecule has 1 N–H and O–H groups in total. The van der Waals surface area contributed by atoms with Gasteiger partial charge in [-0.15, -0.1) is 10.2 Å². The number of anilines is 1. The maximum Gasteiger partial charge on any atom is 0.291 e. The lowest BCUT2D eigenvalue weighted by molar-refractivity contribution is 0.0998. The molecule has 2 heterocycles. The number of carbonyl (C=O) groups is 1. The Balaban J connectivity index is 1.47. The molecule has 6 nitrogen and oxygen atoms in total. The molecule has 0 atom stereocenters. The Kier molecular flexibility index (Phi) is 4.07. The number of amides is 1. The molecule has 0 saturated carbocycles. The first-order chi connectivity index (χ1) is 14.1. The highest BCUT2D eigenvalue weighted by Crippen LogP contribution is 2.24. The number of furan rings is 1. The Morgan fingerprint density at radius 2 is 1.72 bits per heavy atom. The summed E-state index contributed by atoms with van der Waals surface area (Å²) in [7, 11) is 0. The number of nitrogens with one attached hydrogen (secondary N) is 1. The molecule has 3 aromatic carbocycles. The van der Waals surface area contributed by atoms with Gasteiger partial charge in [-0.3, -0.25) is 4.79 Å². The number of aromatic nitrogens is 3. The second-order valence-corrected chi connectivity index (χ2v) is 7.16. The third kappa shape index (κ3) is 3.23. The molecular weight excluding hydrogens is 388 g/mol. The number of rotatable bonds is 3. The van der Waals surface area contributed by atoms with Crippen molar-refractivity contribution in [3.63, 3.8) is 0 Å². The van der Waals surface area contributed by atoms with Crippen LogP contribution in [0.2, 0.25) is 5.02 Å². The smallest absolute Gasteiger partial charge is 0.291 e. The number of nitrogens with zero attached hydrogens (tertiary/aromatic N) is 3. The zero-order chi connectivity index (χ0) is 20.0. The van der Waals surface area contributed by atoms with Gasteiger partial charge >= 0.3 is 0 Å². The predicted molar refractivity (Wildman–Crippen MR) is 113 cm³/mol. The van der Waals surface area contributed by atoms with Crippen LogP contribution in [0.5, 0.6) is 0 Å². The van der Waals surface area contributed by atoms with Crippen molar-refractivity contribution >= 4 is 45.2 Å². The molecular formula is C22H15ClN4O2. The van der Waals surface area contributed by atoms with E-state index in [1.807, 2.05) is 55.5 Å². The minimum Gasteiger partial charge on any atom is -0.451 e. The number of aryl methyl sites for hydroxylation is 1. The fourth-order valence-corrected chi connectivity index (χ4v) is 3.30. The van der Waals surface area contributed by atoms with Crippen LogP contribution in [0.4, 0.5) is 5.69 Å². The maximum atomic E-state index is 12.7. The van der Waals surface area contributed by atoms with Crippen molar-refractivity contribution in [2.75, 3.05) is 5.32 Å². The summed E-state index contributed by atoms with van der Waals surface area (Å²) in [6.45, 7) is 1.91. The first kappa shape index (κ1) is 17.5. The number of carbonyl (C=O) groups excluding carboxylic acids is 1. The molecule has 0 spiro atoms. The summed E-state index contributed by atoms with van der Waals surface area (Å²) in [5.74, 6) is -0.0516. The summed E-state index contributed by atoms with van der Waals surface area (Å²) >= 11 is 5.95. The number of hydrogen-bond donors (Lipinski definition) is 1. The van der Waals surface area contributed by atoms with Gasteiger partial charge in [0.2, 0.25) is 0 Å². The Hall–Kier alpha value is -3.64. The molecule has 0 fully saturated rings. The maximum absolute atomic E-state index is 12.7. The molecule has 1 amide bonds. The number of para-hydroxylation sites is 1. The first-order valence-corrected chi connectivity index (χ1v) is 9.38. The summed E-state index contributed by atoms with van der Waals surface area (Å²) in [6.07, 6.45) is 0. The van der Waals surface area contributed by atoms with Gasteiger partial charge in [0.05, 0.1) is 5.69 Å². The van der Waals surface area contributed by atoms with Crippen molar-refractivity contribution in [2.45, 2.75) is 6.92 Å². The van der Waals surface area contributed by atoms with Gasteiger partial charge in [0, 0.05) is 16.1 Å². The normalized spacial score (nSPS) is 11.2. The van der Waals surface area contributed by atoms with Crippen LogP contribution < -0.4 is 5.32 Å². The Morgan fingerprint density at radius 1 is 1.00 bits per heavy atom. The van der Waals surface area contributed by atoms with Gasteiger partial charge in [-0.1, -0.05) is 29.8 Å². The van der Waals surface area contributed by atoms with Gasteiger partial charge in [-0.25, -0.2) is 0 Å². The predicted octanol–water partition coefficient (Wildman–Crippen LogP) is 5.38. The SMILES string of the molecule is Cc1cc2nn(-c3ccc(Cl)cc3)nc2cc1NC(=O)c1cc2ccccc2o1. The molecule has 2 aromatic heterocycles.